The standard InChI is InChI=1S/C17H17N5O2S/c23-16(18-13-8-9-13)15(12-5-2-1-3-6-12)25-17-19-20-21-22(17)11-14-7-4-10-24-14/h1-7,10,13,15H,8-9,11H2,(H,18,23). The van der Waals surface area contributed by atoms with Crippen LogP contribution in [0.15, 0.2) is 58.3 Å². The Morgan fingerprint density at radius 2 is 2.12 bits per heavy atom. The molecule has 1 amide bonds. The molecule has 1 atom stereocenters. The molecule has 1 aliphatic rings. The van der Waals surface area contributed by atoms with E-state index in [2.05, 4.69) is 20.8 Å². The average Bonchev–Trinajstić information content (AvgIpc) is 3.11. The molecular formula is C17H17N5O2S. The molecule has 0 bridgehead atoms. The highest BCUT2D eigenvalue weighted by molar-refractivity contribution is 8.00. The van der Waals surface area contributed by atoms with Gasteiger partial charge in [-0.25, -0.2) is 4.68 Å². The van der Waals surface area contributed by atoms with Gasteiger partial charge in [-0.2, -0.15) is 0 Å². The summed E-state index contributed by atoms with van der Waals surface area (Å²) in [5.41, 5.74) is 0.929. The molecule has 1 saturated carbocycles. The highest BCUT2D eigenvalue weighted by Crippen LogP contribution is 2.35. The first kappa shape index (κ1) is 15.9. The Labute approximate surface area is 148 Å². The van der Waals surface area contributed by atoms with Crippen molar-refractivity contribution in [3.63, 3.8) is 0 Å². The Morgan fingerprint density at radius 3 is 2.84 bits per heavy atom. The van der Waals surface area contributed by atoms with E-state index >= 15 is 0 Å². The second-order valence-corrected chi connectivity index (χ2v) is 6.96. The molecule has 8 heteroatoms. The zero-order valence-electron chi connectivity index (χ0n) is 13.4. The van der Waals surface area contributed by atoms with E-state index in [-0.39, 0.29) is 5.91 Å². The fraction of sp³-hybridized carbons (Fsp3) is 0.294. The van der Waals surface area contributed by atoms with Crippen molar-refractivity contribution in [1.29, 1.82) is 0 Å². The minimum Gasteiger partial charge on any atom is -0.467 e. The number of nitrogens with one attached hydrogen (secondary N) is 1. The fourth-order valence-corrected chi connectivity index (χ4v) is 3.43. The van der Waals surface area contributed by atoms with E-state index < -0.39 is 5.25 Å². The van der Waals surface area contributed by atoms with Crippen LogP contribution in [-0.4, -0.2) is 32.2 Å². The number of hydrogen-bond donors (Lipinski definition) is 1. The average molecular weight is 355 g/mol. The molecule has 0 aliphatic heterocycles. The van der Waals surface area contributed by atoms with Crippen LogP contribution in [-0.2, 0) is 11.3 Å². The lowest BCUT2D eigenvalue weighted by Gasteiger charge is -2.16. The quantitative estimate of drug-likeness (QED) is 0.655. The van der Waals surface area contributed by atoms with Crippen molar-refractivity contribution in [3.05, 3.63) is 60.1 Å². The maximum Gasteiger partial charge on any atom is 0.238 e. The SMILES string of the molecule is O=C(NC1CC1)C(Sc1nnnn1Cc1ccco1)c1ccccc1. The Balaban J connectivity index is 1.56. The van der Waals surface area contributed by atoms with Gasteiger partial charge in [0.25, 0.3) is 0 Å². The summed E-state index contributed by atoms with van der Waals surface area (Å²) in [6.07, 6.45) is 3.71. The van der Waals surface area contributed by atoms with Crippen LogP contribution >= 0.6 is 11.8 Å². The molecule has 1 unspecified atom stereocenters. The van der Waals surface area contributed by atoms with Gasteiger partial charge >= 0.3 is 0 Å². The number of thioether (sulfide) groups is 1. The molecule has 1 fully saturated rings. The van der Waals surface area contributed by atoms with Crippen molar-refractivity contribution in [3.8, 4) is 0 Å². The Bertz CT molecular complexity index is 830. The maximum atomic E-state index is 12.7. The molecule has 128 valence electrons. The minimum absolute atomic E-state index is 0.00810. The molecule has 2 aromatic heterocycles. The Morgan fingerprint density at radius 1 is 1.28 bits per heavy atom. The molecule has 1 aliphatic carbocycles. The predicted molar refractivity (Wildman–Crippen MR) is 91.8 cm³/mol. The van der Waals surface area contributed by atoms with Crippen LogP contribution in [0.5, 0.6) is 0 Å². The first-order valence-electron chi connectivity index (χ1n) is 8.10. The molecular weight excluding hydrogens is 338 g/mol. The fourth-order valence-electron chi connectivity index (χ4n) is 2.44. The number of nitrogens with zero attached hydrogens (tertiary/aromatic N) is 4. The van der Waals surface area contributed by atoms with Crippen molar-refractivity contribution in [1.82, 2.24) is 25.5 Å². The normalized spacial score (nSPS) is 15.0. The second kappa shape index (κ2) is 7.10. The van der Waals surface area contributed by atoms with Crippen molar-refractivity contribution < 1.29 is 9.21 Å². The second-order valence-electron chi connectivity index (χ2n) is 5.89. The van der Waals surface area contributed by atoms with Crippen LogP contribution < -0.4 is 5.32 Å². The number of carbonyl (C=O) groups excluding carboxylic acids is 1. The van der Waals surface area contributed by atoms with E-state index in [1.807, 2.05) is 42.5 Å². The van der Waals surface area contributed by atoms with E-state index in [9.17, 15) is 4.79 Å². The van der Waals surface area contributed by atoms with Gasteiger partial charge in [0.1, 0.15) is 17.6 Å². The number of hydrogen-bond acceptors (Lipinski definition) is 6. The highest BCUT2D eigenvalue weighted by Gasteiger charge is 2.30. The summed E-state index contributed by atoms with van der Waals surface area (Å²) in [5.74, 6) is 0.749. The van der Waals surface area contributed by atoms with Crippen LogP contribution in [0.4, 0.5) is 0 Å². The molecule has 1 aromatic carbocycles. The van der Waals surface area contributed by atoms with Gasteiger partial charge in [0.15, 0.2) is 0 Å². The van der Waals surface area contributed by atoms with E-state index in [0.29, 0.717) is 17.7 Å². The Kier molecular flexibility index (Phi) is 4.51. The third-order valence-electron chi connectivity index (χ3n) is 3.87. The van der Waals surface area contributed by atoms with E-state index in [4.69, 9.17) is 4.42 Å². The van der Waals surface area contributed by atoms with Crippen LogP contribution in [0.1, 0.15) is 29.4 Å². The number of carbonyl (C=O) groups is 1. The van der Waals surface area contributed by atoms with Crippen molar-refractivity contribution >= 4 is 17.7 Å². The number of tetrazole rings is 1. The molecule has 0 saturated heterocycles. The van der Waals surface area contributed by atoms with Crippen LogP contribution in [0.3, 0.4) is 0 Å². The lowest BCUT2D eigenvalue weighted by molar-refractivity contribution is -0.120. The summed E-state index contributed by atoms with van der Waals surface area (Å²) in [6, 6.07) is 13.7. The third-order valence-corrected chi connectivity index (χ3v) is 5.10. The monoisotopic (exact) mass is 355 g/mol. The van der Waals surface area contributed by atoms with Crippen LogP contribution in [0, 0.1) is 0 Å². The molecule has 3 aromatic rings. The van der Waals surface area contributed by atoms with Gasteiger partial charge in [-0.3, -0.25) is 4.79 Å². The Hall–Kier alpha value is -2.61. The summed E-state index contributed by atoms with van der Waals surface area (Å²) >= 11 is 1.35. The summed E-state index contributed by atoms with van der Waals surface area (Å²) in [7, 11) is 0. The molecule has 2 heterocycles. The number of aromatic nitrogens is 4. The van der Waals surface area contributed by atoms with E-state index in [0.717, 1.165) is 24.2 Å². The zero-order chi connectivity index (χ0) is 17.1. The summed E-state index contributed by atoms with van der Waals surface area (Å²) in [4.78, 5) is 12.7. The summed E-state index contributed by atoms with van der Waals surface area (Å²) in [5, 5.41) is 15.1. The van der Waals surface area contributed by atoms with Gasteiger partial charge < -0.3 is 9.73 Å². The third kappa shape index (κ3) is 3.90. The smallest absolute Gasteiger partial charge is 0.238 e. The van der Waals surface area contributed by atoms with E-state index in [1.54, 1.807) is 10.9 Å². The van der Waals surface area contributed by atoms with Crippen molar-refractivity contribution in [2.45, 2.75) is 35.8 Å². The van der Waals surface area contributed by atoms with Crippen molar-refractivity contribution in [2.75, 3.05) is 0 Å². The molecule has 0 spiro atoms. The predicted octanol–water partition coefficient (Wildman–Crippen LogP) is 2.43. The van der Waals surface area contributed by atoms with Gasteiger partial charge in [-0.15, -0.1) is 5.10 Å². The zero-order valence-corrected chi connectivity index (χ0v) is 14.2. The van der Waals surface area contributed by atoms with Crippen LogP contribution in [0.2, 0.25) is 0 Å². The molecule has 7 nitrogen and oxygen atoms in total. The number of amides is 1. The lowest BCUT2D eigenvalue weighted by Crippen LogP contribution is -2.30. The molecule has 1 N–H and O–H groups in total. The maximum absolute atomic E-state index is 12.7. The first-order valence-corrected chi connectivity index (χ1v) is 8.98. The number of benzene rings is 1. The van der Waals surface area contributed by atoms with E-state index in [1.165, 1.54) is 11.8 Å². The highest BCUT2D eigenvalue weighted by atomic mass is 32.2. The summed E-state index contributed by atoms with van der Waals surface area (Å²) in [6.45, 7) is 0.425. The van der Waals surface area contributed by atoms with Crippen LogP contribution in [0.25, 0.3) is 0 Å². The molecule has 25 heavy (non-hydrogen) atoms. The van der Waals surface area contributed by atoms with Crippen molar-refractivity contribution in [2.24, 2.45) is 0 Å². The first-order chi connectivity index (χ1) is 12.3. The molecule has 4 rings (SSSR count). The van der Waals surface area contributed by atoms with Gasteiger partial charge in [0.05, 0.1) is 6.26 Å². The van der Waals surface area contributed by atoms with Gasteiger partial charge in [-0.1, -0.05) is 42.1 Å². The van der Waals surface area contributed by atoms with Gasteiger partial charge in [0.2, 0.25) is 11.1 Å². The van der Waals surface area contributed by atoms with Gasteiger partial charge in [0, 0.05) is 6.04 Å². The topological polar surface area (TPSA) is 85.8 Å². The molecule has 0 radical (unpaired) electrons. The minimum atomic E-state index is -0.400. The number of furan rings is 1. The summed E-state index contributed by atoms with van der Waals surface area (Å²) < 4.78 is 7.00. The number of rotatable bonds is 7. The largest absolute Gasteiger partial charge is 0.467 e. The lowest BCUT2D eigenvalue weighted by atomic mass is 10.1. The van der Waals surface area contributed by atoms with Gasteiger partial charge in [-0.05, 0) is 41.0 Å².